The molecule has 5 nitrogen and oxygen atoms in total. The fourth-order valence-corrected chi connectivity index (χ4v) is 1.11. The Morgan fingerprint density at radius 2 is 2.38 bits per heavy atom. The van der Waals surface area contributed by atoms with Gasteiger partial charge in [0.1, 0.15) is 12.3 Å². The van der Waals surface area contributed by atoms with Crippen molar-refractivity contribution in [3.8, 4) is 0 Å². The lowest BCUT2D eigenvalue weighted by molar-refractivity contribution is 0.111. The maximum absolute atomic E-state index is 11.1. The predicted octanol–water partition coefficient (Wildman–Crippen LogP) is 1.54. The summed E-state index contributed by atoms with van der Waals surface area (Å²) in [7, 11) is -2.51. The predicted molar refractivity (Wildman–Crippen MR) is 46.1 cm³/mol. The summed E-state index contributed by atoms with van der Waals surface area (Å²) in [6.45, 7) is 3.08. The van der Waals surface area contributed by atoms with E-state index in [2.05, 4.69) is 5.16 Å². The van der Waals surface area contributed by atoms with Crippen LogP contribution in [0.15, 0.2) is 10.6 Å². The van der Waals surface area contributed by atoms with Crippen molar-refractivity contribution in [2.45, 2.75) is 6.61 Å². The van der Waals surface area contributed by atoms with Gasteiger partial charge in [0.2, 0.25) is 0 Å². The van der Waals surface area contributed by atoms with E-state index in [4.69, 9.17) is 9.05 Å². The first-order chi connectivity index (χ1) is 6.01. The summed E-state index contributed by atoms with van der Waals surface area (Å²) in [4.78, 5) is 10.2. The highest BCUT2D eigenvalue weighted by atomic mass is 31.2. The largest absolute Gasteiger partial charge is 0.358 e. The summed E-state index contributed by atoms with van der Waals surface area (Å²) in [5.74, 6) is 0.394. The third kappa shape index (κ3) is 3.53. The average Bonchev–Trinajstić information content (AvgIpc) is 2.47. The van der Waals surface area contributed by atoms with Crippen LogP contribution in [0.5, 0.6) is 0 Å². The highest BCUT2D eigenvalue weighted by Gasteiger charge is 2.10. The summed E-state index contributed by atoms with van der Waals surface area (Å²) in [6.07, 6.45) is 0.574. The SMILES string of the molecule is CP(C)(=O)OCc1cc(C=O)no1. The maximum atomic E-state index is 11.1. The van der Waals surface area contributed by atoms with Gasteiger partial charge >= 0.3 is 0 Å². The Labute approximate surface area is 75.5 Å². The van der Waals surface area contributed by atoms with Gasteiger partial charge < -0.3 is 9.05 Å². The lowest BCUT2D eigenvalue weighted by Gasteiger charge is -2.04. The molecule has 0 radical (unpaired) electrons. The number of nitrogens with zero attached hydrogens (tertiary/aromatic N) is 1. The molecular formula is C7H10NO4P. The van der Waals surface area contributed by atoms with Gasteiger partial charge in [-0.15, -0.1) is 0 Å². The Hall–Kier alpha value is -0.930. The minimum Gasteiger partial charge on any atom is -0.358 e. The molecule has 0 atom stereocenters. The van der Waals surface area contributed by atoms with E-state index in [1.165, 1.54) is 19.4 Å². The molecule has 0 fully saturated rings. The molecule has 6 heteroatoms. The Bertz CT molecular complexity index is 340. The molecule has 13 heavy (non-hydrogen) atoms. The maximum Gasteiger partial charge on any atom is 0.197 e. The van der Waals surface area contributed by atoms with Crippen LogP contribution in [-0.2, 0) is 15.7 Å². The molecule has 0 aliphatic rings. The lowest BCUT2D eigenvalue weighted by atomic mass is 10.4. The van der Waals surface area contributed by atoms with Crippen molar-refractivity contribution in [2.24, 2.45) is 0 Å². The minimum atomic E-state index is -2.51. The Morgan fingerprint density at radius 1 is 1.69 bits per heavy atom. The molecule has 0 amide bonds. The third-order valence-electron chi connectivity index (χ3n) is 1.22. The first-order valence-electron chi connectivity index (χ1n) is 3.61. The number of hydrogen-bond donors (Lipinski definition) is 0. The smallest absolute Gasteiger partial charge is 0.197 e. The zero-order valence-corrected chi connectivity index (χ0v) is 8.28. The van der Waals surface area contributed by atoms with Crippen LogP contribution < -0.4 is 0 Å². The van der Waals surface area contributed by atoms with Crippen molar-refractivity contribution < 1.29 is 18.4 Å². The third-order valence-corrected chi connectivity index (χ3v) is 1.97. The number of carbonyl (C=O) groups excluding carboxylic acids is 1. The van der Waals surface area contributed by atoms with E-state index in [1.807, 2.05) is 0 Å². The molecule has 1 rings (SSSR count). The van der Waals surface area contributed by atoms with Gasteiger partial charge in [0.05, 0.1) is 0 Å². The van der Waals surface area contributed by atoms with E-state index >= 15 is 0 Å². The van der Waals surface area contributed by atoms with Crippen molar-refractivity contribution >= 4 is 13.7 Å². The monoisotopic (exact) mass is 203 g/mol. The molecule has 0 unspecified atom stereocenters. The lowest BCUT2D eigenvalue weighted by Crippen LogP contribution is -1.87. The normalized spacial score (nSPS) is 11.5. The summed E-state index contributed by atoms with van der Waals surface area (Å²) >= 11 is 0. The van der Waals surface area contributed by atoms with Gasteiger partial charge in [-0.05, 0) is 0 Å². The van der Waals surface area contributed by atoms with Crippen LogP contribution in [0.4, 0.5) is 0 Å². The molecule has 0 aliphatic carbocycles. The minimum absolute atomic E-state index is 0.0745. The zero-order valence-electron chi connectivity index (χ0n) is 7.39. The number of aromatic nitrogens is 1. The Balaban J connectivity index is 2.55. The van der Waals surface area contributed by atoms with Crippen LogP contribution in [0, 0.1) is 0 Å². The first-order valence-corrected chi connectivity index (χ1v) is 6.13. The second-order valence-electron chi connectivity index (χ2n) is 2.86. The highest BCUT2D eigenvalue weighted by molar-refractivity contribution is 7.57. The van der Waals surface area contributed by atoms with Gasteiger partial charge in [-0.2, -0.15) is 0 Å². The van der Waals surface area contributed by atoms with Crippen LogP contribution in [0.2, 0.25) is 0 Å². The van der Waals surface area contributed by atoms with Gasteiger partial charge in [-0.3, -0.25) is 9.36 Å². The van der Waals surface area contributed by atoms with Crippen molar-refractivity contribution in [1.29, 1.82) is 0 Å². The summed E-state index contributed by atoms with van der Waals surface area (Å²) < 4.78 is 20.8. The fourth-order valence-electron chi connectivity index (χ4n) is 0.672. The number of hydrogen-bond acceptors (Lipinski definition) is 5. The second-order valence-corrected chi connectivity index (χ2v) is 5.62. The van der Waals surface area contributed by atoms with E-state index in [0.29, 0.717) is 12.0 Å². The Morgan fingerprint density at radius 3 is 2.85 bits per heavy atom. The van der Waals surface area contributed by atoms with Crippen molar-refractivity contribution in [1.82, 2.24) is 5.16 Å². The van der Waals surface area contributed by atoms with Crippen LogP contribution in [0.25, 0.3) is 0 Å². The molecule has 0 bridgehead atoms. The zero-order chi connectivity index (χ0) is 9.90. The molecule has 1 aromatic rings. The van der Waals surface area contributed by atoms with Gasteiger partial charge in [0, 0.05) is 19.4 Å². The summed E-state index contributed by atoms with van der Waals surface area (Å²) in [5.41, 5.74) is 0.209. The molecule has 0 spiro atoms. The first kappa shape index (κ1) is 10.2. The van der Waals surface area contributed by atoms with E-state index in [9.17, 15) is 9.36 Å². The van der Waals surface area contributed by atoms with Crippen LogP contribution in [0.3, 0.4) is 0 Å². The average molecular weight is 203 g/mol. The van der Waals surface area contributed by atoms with E-state index in [1.54, 1.807) is 0 Å². The van der Waals surface area contributed by atoms with Gasteiger partial charge in [-0.25, -0.2) is 0 Å². The molecule has 72 valence electrons. The molecule has 1 heterocycles. The second kappa shape index (κ2) is 3.85. The molecule has 0 aliphatic heterocycles. The molecular weight excluding hydrogens is 193 g/mol. The van der Waals surface area contributed by atoms with Crippen LogP contribution in [0.1, 0.15) is 16.2 Å². The summed E-state index contributed by atoms with van der Waals surface area (Å²) in [6, 6.07) is 1.45. The van der Waals surface area contributed by atoms with Crippen molar-refractivity contribution in [2.75, 3.05) is 13.3 Å². The number of aldehydes is 1. The molecule has 0 aromatic carbocycles. The van der Waals surface area contributed by atoms with Crippen LogP contribution in [-0.4, -0.2) is 24.8 Å². The summed E-state index contributed by atoms with van der Waals surface area (Å²) in [5, 5.41) is 3.42. The van der Waals surface area contributed by atoms with Crippen molar-refractivity contribution in [3.63, 3.8) is 0 Å². The van der Waals surface area contributed by atoms with Crippen molar-refractivity contribution in [3.05, 3.63) is 17.5 Å². The molecule has 0 N–H and O–H groups in total. The van der Waals surface area contributed by atoms with E-state index in [-0.39, 0.29) is 12.3 Å². The molecule has 1 aromatic heterocycles. The fraction of sp³-hybridized carbons (Fsp3) is 0.429. The highest BCUT2D eigenvalue weighted by Crippen LogP contribution is 2.38. The molecule has 0 saturated heterocycles. The van der Waals surface area contributed by atoms with Crippen LogP contribution >= 0.6 is 7.37 Å². The van der Waals surface area contributed by atoms with E-state index in [0.717, 1.165) is 0 Å². The number of carbonyl (C=O) groups is 1. The number of rotatable bonds is 4. The standard InChI is InChI=1S/C7H10NO4P/c1-13(2,10)11-5-7-3-6(4-9)8-12-7/h3-4H,5H2,1-2H3. The van der Waals surface area contributed by atoms with Gasteiger partial charge in [-0.1, -0.05) is 5.16 Å². The topological polar surface area (TPSA) is 69.4 Å². The quantitative estimate of drug-likeness (QED) is 0.548. The van der Waals surface area contributed by atoms with Gasteiger partial charge in [0.25, 0.3) is 0 Å². The van der Waals surface area contributed by atoms with E-state index < -0.39 is 7.37 Å². The molecule has 0 saturated carbocycles. The van der Waals surface area contributed by atoms with Gasteiger partial charge in [0.15, 0.2) is 19.4 Å². The Kier molecular flexibility index (Phi) is 3.01.